The highest BCUT2D eigenvalue weighted by Gasteiger charge is 2.12. The van der Waals surface area contributed by atoms with Gasteiger partial charge in [0.1, 0.15) is 5.82 Å². The van der Waals surface area contributed by atoms with Crippen LogP contribution in [0, 0.1) is 26.6 Å². The van der Waals surface area contributed by atoms with E-state index in [9.17, 15) is 24.5 Å². The fraction of sp³-hybridized carbons (Fsp3) is 0.318. The van der Waals surface area contributed by atoms with Gasteiger partial charge in [0.2, 0.25) is 0 Å². The monoisotopic (exact) mass is 371 g/mol. The molecule has 144 valence electrons. The number of carboxylic acid groups (broad SMARTS) is 1. The van der Waals surface area contributed by atoms with Crippen molar-refractivity contribution in [2.24, 2.45) is 0 Å². The zero-order valence-corrected chi connectivity index (χ0v) is 15.7. The number of aliphatic carboxylic acids is 1. The molecule has 5 heteroatoms. The van der Waals surface area contributed by atoms with Gasteiger partial charge in [-0.1, -0.05) is 35.9 Å². The molecule has 0 saturated heterocycles. The lowest BCUT2D eigenvalue weighted by molar-refractivity contribution is -0.307. The van der Waals surface area contributed by atoms with Gasteiger partial charge in [-0.15, -0.1) is 0 Å². The van der Waals surface area contributed by atoms with E-state index in [-0.39, 0.29) is 12.2 Å². The molecule has 0 aliphatic rings. The van der Waals surface area contributed by atoms with Crippen LogP contribution in [-0.2, 0) is 4.79 Å². The Morgan fingerprint density at radius 2 is 1.85 bits per heavy atom. The maximum atomic E-state index is 13.6. The Morgan fingerprint density at radius 1 is 1.15 bits per heavy atom. The number of aryl methyl sites for hydroxylation is 3. The molecule has 0 aliphatic heterocycles. The minimum Gasteiger partial charge on any atom is -0.550 e. The molecule has 0 unspecified atom stereocenters. The molecule has 2 atom stereocenters. The molecule has 0 spiro atoms. The number of aliphatic hydroxyl groups excluding tert-OH is 2. The summed E-state index contributed by atoms with van der Waals surface area (Å²) in [6.07, 6.45) is 0.486. The van der Waals surface area contributed by atoms with E-state index in [0.29, 0.717) is 5.56 Å². The highest BCUT2D eigenvalue weighted by molar-refractivity contribution is 5.78. The predicted octanol–water partition coefficient (Wildman–Crippen LogP) is 2.68. The van der Waals surface area contributed by atoms with Crippen molar-refractivity contribution in [3.63, 3.8) is 0 Å². The van der Waals surface area contributed by atoms with Crippen LogP contribution in [0.2, 0.25) is 0 Å². The molecule has 0 heterocycles. The van der Waals surface area contributed by atoms with E-state index in [1.54, 1.807) is 25.1 Å². The number of rotatable bonds is 7. The average molecular weight is 371 g/mol. The Bertz CT molecular complexity index is 858. The zero-order valence-electron chi connectivity index (χ0n) is 15.7. The van der Waals surface area contributed by atoms with Crippen LogP contribution in [-0.4, -0.2) is 28.4 Å². The minimum atomic E-state index is -1.36. The molecule has 2 N–H and O–H groups in total. The van der Waals surface area contributed by atoms with Gasteiger partial charge >= 0.3 is 0 Å². The van der Waals surface area contributed by atoms with Gasteiger partial charge in [0.25, 0.3) is 0 Å². The van der Waals surface area contributed by atoms with E-state index in [2.05, 4.69) is 0 Å². The average Bonchev–Trinajstić information content (AvgIpc) is 2.55. The Hall–Kier alpha value is -2.50. The van der Waals surface area contributed by atoms with Crippen LogP contribution in [0.5, 0.6) is 0 Å². The number of carbonyl (C=O) groups is 1. The van der Waals surface area contributed by atoms with Crippen molar-refractivity contribution in [2.45, 2.75) is 45.8 Å². The first-order valence-electron chi connectivity index (χ1n) is 8.79. The molecule has 0 radical (unpaired) electrons. The van der Waals surface area contributed by atoms with Gasteiger partial charge in [-0.25, -0.2) is 4.39 Å². The van der Waals surface area contributed by atoms with Crippen LogP contribution in [0.3, 0.4) is 0 Å². The normalized spacial score (nSPS) is 13.7. The Balaban J connectivity index is 2.33. The first-order valence-corrected chi connectivity index (χ1v) is 8.79. The standard InChI is InChI=1S/C22H25FO4/c1-13-8-14(2)19(6-5-17(24)11-18(25)12-22(26)27)20(9-13)16-4-7-21(23)15(3)10-16/h4-10,17-18,24-25H,11-12H2,1-3H3,(H,26,27)/p-1/b6-5+/t17-,18-/m1/s1. The highest BCUT2D eigenvalue weighted by atomic mass is 19.1. The van der Waals surface area contributed by atoms with Crippen molar-refractivity contribution in [3.05, 3.63) is 64.5 Å². The first kappa shape index (κ1) is 20.8. The summed E-state index contributed by atoms with van der Waals surface area (Å²) < 4.78 is 13.6. The van der Waals surface area contributed by atoms with Gasteiger partial charge in [0.15, 0.2) is 0 Å². The highest BCUT2D eigenvalue weighted by Crippen LogP contribution is 2.30. The smallest absolute Gasteiger partial charge is 0.126 e. The third kappa shape index (κ3) is 5.74. The lowest BCUT2D eigenvalue weighted by atomic mass is 9.92. The van der Waals surface area contributed by atoms with Gasteiger partial charge in [-0.05, 0) is 60.7 Å². The lowest BCUT2D eigenvalue weighted by Crippen LogP contribution is -2.29. The number of carbonyl (C=O) groups excluding carboxylic acids is 1. The molecule has 0 saturated carbocycles. The Kier molecular flexibility index (Phi) is 6.88. The van der Waals surface area contributed by atoms with E-state index in [1.807, 2.05) is 26.0 Å². The van der Waals surface area contributed by atoms with E-state index in [0.717, 1.165) is 27.8 Å². The molecular weight excluding hydrogens is 347 g/mol. The molecule has 0 fully saturated rings. The number of halogens is 1. The molecule has 2 rings (SSSR count). The SMILES string of the molecule is Cc1cc(C)c(/C=C/[C@@H](O)C[C@@H](O)CC(=O)[O-])c(-c2ccc(F)c(C)c2)c1. The van der Waals surface area contributed by atoms with Gasteiger partial charge in [0.05, 0.1) is 12.2 Å². The van der Waals surface area contributed by atoms with Gasteiger partial charge in [-0.3, -0.25) is 0 Å². The second kappa shape index (κ2) is 8.93. The number of carboxylic acids is 1. The van der Waals surface area contributed by atoms with Gasteiger partial charge < -0.3 is 20.1 Å². The Morgan fingerprint density at radius 3 is 2.48 bits per heavy atom. The summed E-state index contributed by atoms with van der Waals surface area (Å²) in [5, 5.41) is 30.2. The Labute approximate surface area is 158 Å². The van der Waals surface area contributed by atoms with E-state index in [4.69, 9.17) is 0 Å². The number of hydrogen-bond acceptors (Lipinski definition) is 4. The van der Waals surface area contributed by atoms with E-state index < -0.39 is 24.6 Å². The van der Waals surface area contributed by atoms with Crippen molar-refractivity contribution < 1.29 is 24.5 Å². The van der Waals surface area contributed by atoms with Crippen molar-refractivity contribution in [2.75, 3.05) is 0 Å². The maximum absolute atomic E-state index is 13.6. The zero-order chi connectivity index (χ0) is 20.1. The second-order valence-electron chi connectivity index (χ2n) is 6.90. The van der Waals surface area contributed by atoms with Crippen LogP contribution >= 0.6 is 0 Å². The summed E-state index contributed by atoms with van der Waals surface area (Å²) in [7, 11) is 0. The minimum absolute atomic E-state index is 0.0968. The van der Waals surface area contributed by atoms with Gasteiger partial charge in [-0.2, -0.15) is 0 Å². The number of benzene rings is 2. The summed E-state index contributed by atoms with van der Waals surface area (Å²) in [5.74, 6) is -1.63. The van der Waals surface area contributed by atoms with Crippen LogP contribution < -0.4 is 5.11 Å². The molecule has 0 aliphatic carbocycles. The van der Waals surface area contributed by atoms with Crippen LogP contribution in [0.15, 0.2) is 36.4 Å². The molecular formula is C22H24FO4-. The summed E-state index contributed by atoms with van der Waals surface area (Å²) in [4.78, 5) is 10.5. The third-order valence-electron chi connectivity index (χ3n) is 4.40. The molecule has 0 bridgehead atoms. The van der Waals surface area contributed by atoms with Crippen LogP contribution in [0.25, 0.3) is 17.2 Å². The van der Waals surface area contributed by atoms with Crippen LogP contribution in [0.4, 0.5) is 4.39 Å². The maximum Gasteiger partial charge on any atom is 0.126 e. The van der Waals surface area contributed by atoms with Gasteiger partial charge in [0, 0.05) is 18.8 Å². The predicted molar refractivity (Wildman–Crippen MR) is 101 cm³/mol. The second-order valence-corrected chi connectivity index (χ2v) is 6.90. The van der Waals surface area contributed by atoms with E-state index >= 15 is 0 Å². The molecule has 4 nitrogen and oxygen atoms in total. The quantitative estimate of drug-likeness (QED) is 0.784. The van der Waals surface area contributed by atoms with Crippen molar-refractivity contribution in [1.82, 2.24) is 0 Å². The number of hydrogen-bond donors (Lipinski definition) is 2. The lowest BCUT2D eigenvalue weighted by Gasteiger charge is -2.15. The summed E-state index contributed by atoms with van der Waals surface area (Å²) >= 11 is 0. The van der Waals surface area contributed by atoms with Crippen molar-refractivity contribution in [3.8, 4) is 11.1 Å². The fourth-order valence-corrected chi connectivity index (χ4v) is 3.09. The molecule has 0 amide bonds. The molecule has 27 heavy (non-hydrogen) atoms. The van der Waals surface area contributed by atoms with E-state index in [1.165, 1.54) is 12.1 Å². The first-order chi connectivity index (χ1) is 12.7. The summed E-state index contributed by atoms with van der Waals surface area (Å²) in [6, 6.07) is 8.93. The largest absolute Gasteiger partial charge is 0.550 e. The summed E-state index contributed by atoms with van der Waals surface area (Å²) in [5.41, 5.74) is 5.26. The molecule has 2 aromatic carbocycles. The third-order valence-corrected chi connectivity index (χ3v) is 4.40. The van der Waals surface area contributed by atoms with Crippen molar-refractivity contribution >= 4 is 12.0 Å². The summed E-state index contributed by atoms with van der Waals surface area (Å²) in [6.45, 7) is 5.63. The topological polar surface area (TPSA) is 80.6 Å². The van der Waals surface area contributed by atoms with Crippen LogP contribution in [0.1, 0.15) is 35.1 Å². The molecule has 0 aromatic heterocycles. The number of aliphatic hydroxyl groups is 2. The fourth-order valence-electron chi connectivity index (χ4n) is 3.09. The molecule has 2 aromatic rings. The van der Waals surface area contributed by atoms with Crippen molar-refractivity contribution in [1.29, 1.82) is 0 Å².